The van der Waals surface area contributed by atoms with Crippen LogP contribution in [0.25, 0.3) is 11.4 Å². The molecule has 7 nitrogen and oxygen atoms in total. The molecule has 0 aliphatic rings. The predicted octanol–water partition coefficient (Wildman–Crippen LogP) is 2.23. The zero-order valence-electron chi connectivity index (χ0n) is 13.8. The van der Waals surface area contributed by atoms with Gasteiger partial charge >= 0.3 is 0 Å². The number of aromatic nitrogens is 4. The lowest BCUT2D eigenvalue weighted by atomic mass is 10.1. The molecule has 0 aliphatic heterocycles. The van der Waals surface area contributed by atoms with Gasteiger partial charge in [-0.25, -0.2) is 4.39 Å². The van der Waals surface area contributed by atoms with Crippen LogP contribution in [0.5, 0.6) is 11.5 Å². The number of nitrogens with zero attached hydrogens (tertiary/aromatic N) is 4. The van der Waals surface area contributed by atoms with E-state index in [-0.39, 0.29) is 6.54 Å². The Morgan fingerprint density at radius 2 is 1.92 bits per heavy atom. The largest absolute Gasteiger partial charge is 0.493 e. The minimum atomic E-state index is -0.942. The Morgan fingerprint density at radius 1 is 1.12 bits per heavy atom. The Balaban J connectivity index is 1.78. The predicted molar refractivity (Wildman–Crippen MR) is 87.7 cm³/mol. The lowest BCUT2D eigenvalue weighted by molar-refractivity contribution is 0.144. The van der Waals surface area contributed by atoms with Gasteiger partial charge in [0.1, 0.15) is 11.9 Å². The van der Waals surface area contributed by atoms with E-state index in [0.717, 1.165) is 0 Å². The van der Waals surface area contributed by atoms with Crippen LogP contribution in [0.2, 0.25) is 0 Å². The van der Waals surface area contributed by atoms with Crippen molar-refractivity contribution in [3.05, 3.63) is 53.8 Å². The number of aliphatic hydroxyl groups is 1. The zero-order valence-corrected chi connectivity index (χ0v) is 13.8. The lowest BCUT2D eigenvalue weighted by Crippen LogP contribution is -2.11. The number of benzene rings is 2. The van der Waals surface area contributed by atoms with Gasteiger partial charge in [-0.3, -0.25) is 0 Å². The number of ether oxygens (including phenoxy) is 2. The molecule has 0 aliphatic carbocycles. The summed E-state index contributed by atoms with van der Waals surface area (Å²) < 4.78 is 23.7. The van der Waals surface area contributed by atoms with E-state index < -0.39 is 11.9 Å². The second-order valence-corrected chi connectivity index (χ2v) is 5.31. The van der Waals surface area contributed by atoms with Gasteiger partial charge in [0.2, 0.25) is 5.82 Å². The van der Waals surface area contributed by atoms with Crippen LogP contribution in [0.1, 0.15) is 11.7 Å². The van der Waals surface area contributed by atoms with E-state index in [2.05, 4.69) is 15.4 Å². The van der Waals surface area contributed by atoms with Crippen LogP contribution in [-0.4, -0.2) is 39.5 Å². The molecule has 0 saturated heterocycles. The normalized spacial score (nSPS) is 12.0. The summed E-state index contributed by atoms with van der Waals surface area (Å²) >= 11 is 0. The first-order valence-corrected chi connectivity index (χ1v) is 7.54. The van der Waals surface area contributed by atoms with Gasteiger partial charge in [-0.2, -0.15) is 4.80 Å². The third-order valence-electron chi connectivity index (χ3n) is 3.66. The van der Waals surface area contributed by atoms with Crippen LogP contribution in [0.15, 0.2) is 42.5 Å². The highest BCUT2D eigenvalue weighted by atomic mass is 19.1. The van der Waals surface area contributed by atoms with E-state index in [1.54, 1.807) is 38.5 Å². The van der Waals surface area contributed by atoms with Crippen molar-refractivity contribution in [2.45, 2.75) is 12.6 Å². The van der Waals surface area contributed by atoms with E-state index >= 15 is 0 Å². The van der Waals surface area contributed by atoms with E-state index in [1.165, 1.54) is 23.0 Å². The molecule has 0 radical (unpaired) electrons. The first-order chi connectivity index (χ1) is 12.1. The number of tetrazole rings is 1. The van der Waals surface area contributed by atoms with Gasteiger partial charge in [0.05, 0.1) is 20.8 Å². The van der Waals surface area contributed by atoms with Gasteiger partial charge in [0.25, 0.3) is 0 Å². The van der Waals surface area contributed by atoms with E-state index in [0.29, 0.717) is 28.5 Å². The minimum absolute atomic E-state index is 0.0593. The van der Waals surface area contributed by atoms with Crippen LogP contribution in [0, 0.1) is 5.82 Å². The summed E-state index contributed by atoms with van der Waals surface area (Å²) in [6.45, 7) is 0.0593. The maximum absolute atomic E-state index is 13.2. The Hall–Kier alpha value is -3.00. The van der Waals surface area contributed by atoms with Crippen LogP contribution in [0.4, 0.5) is 4.39 Å². The van der Waals surface area contributed by atoms with Crippen LogP contribution < -0.4 is 9.47 Å². The molecule has 1 N–H and O–H groups in total. The van der Waals surface area contributed by atoms with Crippen molar-refractivity contribution < 1.29 is 19.0 Å². The molecule has 0 saturated carbocycles. The molecule has 0 fully saturated rings. The lowest BCUT2D eigenvalue weighted by Gasteiger charge is -2.09. The van der Waals surface area contributed by atoms with Gasteiger partial charge in [0.15, 0.2) is 11.5 Å². The summed E-state index contributed by atoms with van der Waals surface area (Å²) in [6, 6.07) is 11.0. The van der Waals surface area contributed by atoms with Gasteiger partial charge in [-0.1, -0.05) is 12.1 Å². The molecule has 8 heteroatoms. The third kappa shape index (κ3) is 3.74. The molecule has 1 aromatic heterocycles. The monoisotopic (exact) mass is 344 g/mol. The Labute approximate surface area is 143 Å². The van der Waals surface area contributed by atoms with Gasteiger partial charge in [-0.05, 0) is 41.1 Å². The second kappa shape index (κ2) is 7.27. The SMILES string of the molecule is COc1ccc(-c2nnn(C[C@H](O)c3cccc(F)c3)n2)cc1OC. The summed E-state index contributed by atoms with van der Waals surface area (Å²) in [7, 11) is 3.10. The summed E-state index contributed by atoms with van der Waals surface area (Å²) in [5.74, 6) is 1.12. The molecule has 0 unspecified atom stereocenters. The van der Waals surface area contributed by atoms with E-state index in [9.17, 15) is 9.50 Å². The van der Waals surface area contributed by atoms with E-state index in [1.807, 2.05) is 0 Å². The smallest absolute Gasteiger partial charge is 0.205 e. The van der Waals surface area contributed by atoms with Crippen molar-refractivity contribution >= 4 is 0 Å². The number of methoxy groups -OCH3 is 2. The standard InChI is InChI=1S/C17H17FN4O3/c1-24-15-7-6-12(9-16(15)25-2)17-19-21-22(20-17)10-14(23)11-4-3-5-13(18)8-11/h3-9,14,23H,10H2,1-2H3/t14-/m0/s1. The van der Waals surface area contributed by atoms with Crippen molar-refractivity contribution in [1.82, 2.24) is 20.2 Å². The molecule has 1 atom stereocenters. The number of hydrogen-bond acceptors (Lipinski definition) is 6. The summed E-state index contributed by atoms with van der Waals surface area (Å²) in [5.41, 5.74) is 1.15. The molecule has 130 valence electrons. The molecule has 2 aromatic carbocycles. The molecule has 3 rings (SSSR count). The van der Waals surface area contributed by atoms with Gasteiger partial charge in [0, 0.05) is 5.56 Å². The highest BCUT2D eigenvalue weighted by Crippen LogP contribution is 2.30. The number of rotatable bonds is 6. The average molecular weight is 344 g/mol. The minimum Gasteiger partial charge on any atom is -0.493 e. The number of halogens is 1. The van der Waals surface area contributed by atoms with Gasteiger partial charge < -0.3 is 14.6 Å². The van der Waals surface area contributed by atoms with Crippen LogP contribution in [-0.2, 0) is 6.54 Å². The molecule has 0 bridgehead atoms. The summed E-state index contributed by atoms with van der Waals surface area (Å²) in [4.78, 5) is 1.27. The van der Waals surface area contributed by atoms with E-state index in [4.69, 9.17) is 9.47 Å². The third-order valence-corrected chi connectivity index (χ3v) is 3.66. The first kappa shape index (κ1) is 16.8. The van der Waals surface area contributed by atoms with Crippen molar-refractivity contribution in [3.63, 3.8) is 0 Å². The van der Waals surface area contributed by atoms with Gasteiger partial charge in [-0.15, -0.1) is 10.2 Å². The topological polar surface area (TPSA) is 82.3 Å². The first-order valence-electron chi connectivity index (χ1n) is 7.54. The highest BCUT2D eigenvalue weighted by molar-refractivity contribution is 5.60. The van der Waals surface area contributed by atoms with Crippen molar-refractivity contribution in [1.29, 1.82) is 0 Å². The maximum atomic E-state index is 13.2. The molecule has 0 spiro atoms. The fourth-order valence-electron chi connectivity index (χ4n) is 2.39. The quantitative estimate of drug-likeness (QED) is 0.738. The molecule has 1 heterocycles. The average Bonchev–Trinajstić information content (AvgIpc) is 3.09. The van der Waals surface area contributed by atoms with Crippen LogP contribution >= 0.6 is 0 Å². The second-order valence-electron chi connectivity index (χ2n) is 5.31. The Kier molecular flexibility index (Phi) is 4.90. The maximum Gasteiger partial charge on any atom is 0.205 e. The summed E-state index contributed by atoms with van der Waals surface area (Å²) in [6.07, 6.45) is -0.942. The number of aliphatic hydroxyl groups excluding tert-OH is 1. The Bertz CT molecular complexity index is 869. The molecule has 25 heavy (non-hydrogen) atoms. The van der Waals surface area contributed by atoms with Crippen molar-refractivity contribution in [2.75, 3.05) is 14.2 Å². The van der Waals surface area contributed by atoms with Crippen LogP contribution in [0.3, 0.4) is 0 Å². The zero-order chi connectivity index (χ0) is 17.8. The van der Waals surface area contributed by atoms with Crippen molar-refractivity contribution in [2.24, 2.45) is 0 Å². The fourth-order valence-corrected chi connectivity index (χ4v) is 2.39. The molecular weight excluding hydrogens is 327 g/mol. The summed E-state index contributed by atoms with van der Waals surface area (Å²) in [5, 5.41) is 22.4. The molecule has 0 amide bonds. The highest BCUT2D eigenvalue weighted by Gasteiger charge is 2.14. The fraction of sp³-hybridized carbons (Fsp3) is 0.235. The molecule has 3 aromatic rings. The number of hydrogen-bond donors (Lipinski definition) is 1. The molecular formula is C17H17FN4O3. The van der Waals surface area contributed by atoms with Crippen molar-refractivity contribution in [3.8, 4) is 22.9 Å². The Morgan fingerprint density at radius 3 is 2.64 bits per heavy atom.